The van der Waals surface area contributed by atoms with Crippen LogP contribution in [0.4, 0.5) is 0 Å². The smallest absolute Gasteiger partial charge is 0.310 e. The van der Waals surface area contributed by atoms with Crippen LogP contribution in [0.25, 0.3) is 0 Å². The SMILES string of the molecule is COC(=O)C1CCN(C(=O)CC2C=CCC2)C1. The molecule has 2 atom stereocenters. The number of amides is 1. The Balaban J connectivity index is 1.81. The van der Waals surface area contributed by atoms with Gasteiger partial charge < -0.3 is 9.64 Å². The lowest BCUT2D eigenvalue weighted by Crippen LogP contribution is -2.31. The van der Waals surface area contributed by atoms with Gasteiger partial charge in [-0.25, -0.2) is 0 Å². The van der Waals surface area contributed by atoms with Gasteiger partial charge in [0.15, 0.2) is 0 Å². The Bertz CT molecular complexity index is 338. The summed E-state index contributed by atoms with van der Waals surface area (Å²) in [6.07, 6.45) is 7.76. The lowest BCUT2D eigenvalue weighted by Gasteiger charge is -2.17. The third-order valence-corrected chi connectivity index (χ3v) is 3.62. The number of ether oxygens (including phenoxy) is 1. The van der Waals surface area contributed by atoms with Gasteiger partial charge in [0.1, 0.15) is 0 Å². The molecule has 1 fully saturated rings. The third kappa shape index (κ3) is 2.87. The Kier molecular flexibility index (Phi) is 3.82. The second-order valence-electron chi connectivity index (χ2n) is 4.82. The van der Waals surface area contributed by atoms with E-state index in [1.165, 1.54) is 7.11 Å². The highest BCUT2D eigenvalue weighted by Crippen LogP contribution is 2.24. The van der Waals surface area contributed by atoms with Crippen LogP contribution in [-0.4, -0.2) is 37.0 Å². The zero-order valence-electron chi connectivity index (χ0n) is 10.2. The number of likely N-dealkylation sites (tertiary alicyclic amines) is 1. The molecule has 0 aromatic rings. The maximum absolute atomic E-state index is 12.0. The van der Waals surface area contributed by atoms with Crippen LogP contribution in [0.15, 0.2) is 12.2 Å². The van der Waals surface area contributed by atoms with Crippen molar-refractivity contribution >= 4 is 11.9 Å². The van der Waals surface area contributed by atoms with Crippen molar-refractivity contribution in [2.45, 2.75) is 25.7 Å². The number of hydrogen-bond acceptors (Lipinski definition) is 3. The molecule has 2 aliphatic rings. The van der Waals surface area contributed by atoms with Gasteiger partial charge in [-0.15, -0.1) is 0 Å². The number of nitrogens with zero attached hydrogens (tertiary/aromatic N) is 1. The van der Waals surface area contributed by atoms with E-state index in [1.54, 1.807) is 4.90 Å². The number of rotatable bonds is 3. The number of esters is 1. The summed E-state index contributed by atoms with van der Waals surface area (Å²) in [5, 5.41) is 0. The molecule has 0 bridgehead atoms. The number of methoxy groups -OCH3 is 1. The van der Waals surface area contributed by atoms with Crippen LogP contribution in [0.3, 0.4) is 0 Å². The molecule has 4 heteroatoms. The Hall–Kier alpha value is -1.32. The van der Waals surface area contributed by atoms with Crippen LogP contribution in [0.5, 0.6) is 0 Å². The first-order valence-electron chi connectivity index (χ1n) is 6.23. The quantitative estimate of drug-likeness (QED) is 0.550. The van der Waals surface area contributed by atoms with Crippen molar-refractivity contribution in [3.05, 3.63) is 12.2 Å². The fourth-order valence-electron chi connectivity index (χ4n) is 2.56. The summed E-state index contributed by atoms with van der Waals surface area (Å²) in [6, 6.07) is 0. The number of hydrogen-bond donors (Lipinski definition) is 0. The van der Waals surface area contributed by atoms with Crippen LogP contribution in [0.1, 0.15) is 25.7 Å². The Morgan fingerprint density at radius 1 is 1.41 bits per heavy atom. The molecule has 0 radical (unpaired) electrons. The van der Waals surface area contributed by atoms with Crippen LogP contribution < -0.4 is 0 Å². The van der Waals surface area contributed by atoms with Crippen molar-refractivity contribution in [1.29, 1.82) is 0 Å². The van der Waals surface area contributed by atoms with Crippen molar-refractivity contribution in [1.82, 2.24) is 4.90 Å². The van der Waals surface area contributed by atoms with E-state index in [9.17, 15) is 9.59 Å². The second-order valence-corrected chi connectivity index (χ2v) is 4.82. The van der Waals surface area contributed by atoms with Gasteiger partial charge in [0, 0.05) is 19.5 Å². The molecule has 0 N–H and O–H groups in total. The summed E-state index contributed by atoms with van der Waals surface area (Å²) in [5.41, 5.74) is 0. The van der Waals surface area contributed by atoms with E-state index < -0.39 is 0 Å². The van der Waals surface area contributed by atoms with Crippen molar-refractivity contribution in [2.75, 3.05) is 20.2 Å². The highest BCUT2D eigenvalue weighted by atomic mass is 16.5. The molecule has 0 aromatic heterocycles. The van der Waals surface area contributed by atoms with Crippen molar-refractivity contribution < 1.29 is 14.3 Å². The molecule has 1 saturated heterocycles. The minimum Gasteiger partial charge on any atom is -0.469 e. The first kappa shape index (κ1) is 12.1. The van der Waals surface area contributed by atoms with Gasteiger partial charge in [0.05, 0.1) is 13.0 Å². The third-order valence-electron chi connectivity index (χ3n) is 3.62. The molecule has 2 rings (SSSR count). The predicted molar refractivity (Wildman–Crippen MR) is 63.2 cm³/mol. The van der Waals surface area contributed by atoms with E-state index in [4.69, 9.17) is 4.74 Å². The highest BCUT2D eigenvalue weighted by molar-refractivity contribution is 5.79. The molecule has 94 valence electrons. The van der Waals surface area contributed by atoms with Crippen LogP contribution in [0, 0.1) is 11.8 Å². The van der Waals surface area contributed by atoms with E-state index in [0.717, 1.165) is 19.3 Å². The van der Waals surface area contributed by atoms with E-state index in [0.29, 0.717) is 25.4 Å². The highest BCUT2D eigenvalue weighted by Gasteiger charge is 2.32. The largest absolute Gasteiger partial charge is 0.469 e. The molecule has 17 heavy (non-hydrogen) atoms. The molecular formula is C13H19NO3. The number of carbonyl (C=O) groups excluding carboxylic acids is 2. The summed E-state index contributed by atoms with van der Waals surface area (Å²) in [7, 11) is 1.40. The van der Waals surface area contributed by atoms with Gasteiger partial charge in [-0.2, -0.15) is 0 Å². The topological polar surface area (TPSA) is 46.6 Å². The summed E-state index contributed by atoms with van der Waals surface area (Å²) in [6.45, 7) is 1.22. The first-order chi connectivity index (χ1) is 8.20. The first-order valence-corrected chi connectivity index (χ1v) is 6.23. The zero-order chi connectivity index (χ0) is 12.3. The monoisotopic (exact) mass is 237 g/mol. The van der Waals surface area contributed by atoms with Gasteiger partial charge in [-0.05, 0) is 25.2 Å². The molecule has 1 aliphatic carbocycles. The van der Waals surface area contributed by atoms with Gasteiger partial charge in [0.25, 0.3) is 0 Å². The molecule has 0 aromatic carbocycles. The van der Waals surface area contributed by atoms with Crippen LogP contribution >= 0.6 is 0 Å². The average Bonchev–Trinajstić information content (AvgIpc) is 2.98. The average molecular weight is 237 g/mol. The molecule has 0 spiro atoms. The Morgan fingerprint density at radius 2 is 2.24 bits per heavy atom. The molecular weight excluding hydrogens is 218 g/mol. The van der Waals surface area contributed by atoms with Crippen molar-refractivity contribution in [2.24, 2.45) is 11.8 Å². The fourth-order valence-corrected chi connectivity index (χ4v) is 2.56. The summed E-state index contributed by atoms with van der Waals surface area (Å²) in [5.74, 6) is 0.261. The molecule has 1 heterocycles. The Labute approximate surface area is 102 Å². The molecule has 4 nitrogen and oxygen atoms in total. The summed E-state index contributed by atoms with van der Waals surface area (Å²) >= 11 is 0. The summed E-state index contributed by atoms with van der Waals surface area (Å²) < 4.78 is 4.71. The fraction of sp³-hybridized carbons (Fsp3) is 0.692. The van der Waals surface area contributed by atoms with Crippen molar-refractivity contribution in [3.8, 4) is 0 Å². The zero-order valence-corrected chi connectivity index (χ0v) is 10.2. The lowest BCUT2D eigenvalue weighted by atomic mass is 10.0. The standard InChI is InChI=1S/C13H19NO3/c1-17-13(16)11-6-7-14(9-11)12(15)8-10-4-2-3-5-10/h2,4,10-11H,3,5-9H2,1H3. The Morgan fingerprint density at radius 3 is 2.88 bits per heavy atom. The van der Waals surface area contributed by atoms with E-state index in [2.05, 4.69) is 12.2 Å². The second kappa shape index (κ2) is 5.34. The lowest BCUT2D eigenvalue weighted by molar-refractivity contribution is -0.145. The minimum atomic E-state index is -0.193. The maximum Gasteiger partial charge on any atom is 0.310 e. The maximum atomic E-state index is 12.0. The normalized spacial score (nSPS) is 27.5. The van der Waals surface area contributed by atoms with Gasteiger partial charge >= 0.3 is 5.97 Å². The van der Waals surface area contributed by atoms with Crippen molar-refractivity contribution in [3.63, 3.8) is 0 Å². The van der Waals surface area contributed by atoms with Gasteiger partial charge in [0.2, 0.25) is 5.91 Å². The molecule has 0 saturated carbocycles. The molecule has 1 amide bonds. The van der Waals surface area contributed by atoms with E-state index in [-0.39, 0.29) is 17.8 Å². The number of allylic oxidation sites excluding steroid dienone is 2. The van der Waals surface area contributed by atoms with Crippen LogP contribution in [0.2, 0.25) is 0 Å². The van der Waals surface area contributed by atoms with Gasteiger partial charge in [-0.3, -0.25) is 9.59 Å². The molecule has 1 aliphatic heterocycles. The van der Waals surface area contributed by atoms with E-state index in [1.807, 2.05) is 0 Å². The molecule has 2 unspecified atom stereocenters. The predicted octanol–water partition coefficient (Wildman–Crippen LogP) is 1.36. The van der Waals surface area contributed by atoms with E-state index >= 15 is 0 Å². The number of carbonyl (C=O) groups is 2. The van der Waals surface area contributed by atoms with Gasteiger partial charge in [-0.1, -0.05) is 12.2 Å². The van der Waals surface area contributed by atoms with Crippen LogP contribution in [-0.2, 0) is 14.3 Å². The summed E-state index contributed by atoms with van der Waals surface area (Å²) in [4.78, 5) is 25.2. The minimum absolute atomic E-state index is 0.122.